The summed E-state index contributed by atoms with van der Waals surface area (Å²) in [5.41, 5.74) is 7.73. The zero-order valence-corrected chi connectivity index (χ0v) is 13.5. The van der Waals surface area contributed by atoms with Crippen molar-refractivity contribution in [3.8, 4) is 5.75 Å². The normalized spacial score (nSPS) is 17.8. The molecule has 4 heteroatoms. The Hall–Kier alpha value is -1.55. The number of esters is 1. The summed E-state index contributed by atoms with van der Waals surface area (Å²) in [5, 5.41) is 0. The van der Waals surface area contributed by atoms with Crippen molar-refractivity contribution in [1.82, 2.24) is 0 Å². The minimum absolute atomic E-state index is 0.145. The molecule has 1 unspecified atom stereocenters. The van der Waals surface area contributed by atoms with Crippen LogP contribution in [-0.4, -0.2) is 24.2 Å². The second-order valence-electron chi connectivity index (χ2n) is 7.03. The van der Waals surface area contributed by atoms with Gasteiger partial charge in [0.25, 0.3) is 0 Å². The summed E-state index contributed by atoms with van der Waals surface area (Å²) in [6.07, 6.45) is 1.12. The highest BCUT2D eigenvalue weighted by Gasteiger charge is 2.37. The molecule has 0 bridgehead atoms. The Balaban J connectivity index is 2.44. The Morgan fingerprint density at radius 1 is 1.48 bits per heavy atom. The third-order valence-electron chi connectivity index (χ3n) is 3.99. The summed E-state index contributed by atoms with van der Waals surface area (Å²) in [6, 6.07) is 6.09. The van der Waals surface area contributed by atoms with Crippen LogP contribution in [0.5, 0.6) is 5.75 Å². The first-order valence-corrected chi connectivity index (χ1v) is 7.30. The first kappa shape index (κ1) is 15.8. The molecule has 0 aliphatic carbocycles. The van der Waals surface area contributed by atoms with Crippen molar-refractivity contribution in [2.75, 3.05) is 7.11 Å². The molecule has 1 atom stereocenters. The van der Waals surface area contributed by atoms with Crippen LogP contribution in [0.4, 0.5) is 0 Å². The molecule has 1 aliphatic rings. The predicted octanol–water partition coefficient (Wildman–Crippen LogP) is 2.78. The zero-order valence-electron chi connectivity index (χ0n) is 13.5. The minimum atomic E-state index is -0.542. The number of nitrogens with two attached hydrogens (primary N) is 1. The maximum Gasteiger partial charge on any atom is 0.306 e. The van der Waals surface area contributed by atoms with Crippen LogP contribution in [0.3, 0.4) is 0 Å². The van der Waals surface area contributed by atoms with E-state index in [2.05, 4.69) is 19.9 Å². The first-order chi connectivity index (χ1) is 9.64. The SMILES string of the molecule is COC(=O)CC(c1cccc2c1OC(C)(C)C2)C(C)(C)N. The van der Waals surface area contributed by atoms with E-state index in [0.29, 0.717) is 0 Å². The molecule has 21 heavy (non-hydrogen) atoms. The van der Waals surface area contributed by atoms with Gasteiger partial charge in [-0.25, -0.2) is 0 Å². The van der Waals surface area contributed by atoms with Crippen molar-refractivity contribution in [3.63, 3.8) is 0 Å². The molecule has 116 valence electrons. The fourth-order valence-electron chi connectivity index (χ4n) is 2.94. The molecule has 0 aromatic heterocycles. The van der Waals surface area contributed by atoms with Gasteiger partial charge in [0.15, 0.2) is 0 Å². The lowest BCUT2D eigenvalue weighted by Crippen LogP contribution is -2.40. The number of benzene rings is 1. The summed E-state index contributed by atoms with van der Waals surface area (Å²) >= 11 is 0. The number of methoxy groups -OCH3 is 1. The van der Waals surface area contributed by atoms with Crippen LogP contribution in [-0.2, 0) is 16.0 Å². The van der Waals surface area contributed by atoms with Crippen LogP contribution in [0.2, 0.25) is 0 Å². The fourth-order valence-corrected chi connectivity index (χ4v) is 2.94. The van der Waals surface area contributed by atoms with E-state index in [1.807, 2.05) is 26.0 Å². The van der Waals surface area contributed by atoms with Crippen molar-refractivity contribution in [1.29, 1.82) is 0 Å². The summed E-state index contributed by atoms with van der Waals surface area (Å²) in [7, 11) is 1.40. The van der Waals surface area contributed by atoms with E-state index in [0.717, 1.165) is 17.7 Å². The fraction of sp³-hybridized carbons (Fsp3) is 0.588. The van der Waals surface area contributed by atoms with Crippen molar-refractivity contribution in [2.45, 2.75) is 57.6 Å². The van der Waals surface area contributed by atoms with Gasteiger partial charge < -0.3 is 15.2 Å². The van der Waals surface area contributed by atoms with E-state index < -0.39 is 5.54 Å². The summed E-state index contributed by atoms with van der Waals surface area (Å²) < 4.78 is 10.9. The molecule has 1 aromatic carbocycles. The molecule has 0 saturated carbocycles. The number of fused-ring (bicyclic) bond motifs is 1. The van der Waals surface area contributed by atoms with E-state index in [4.69, 9.17) is 15.2 Å². The van der Waals surface area contributed by atoms with E-state index in [9.17, 15) is 4.79 Å². The molecule has 1 aliphatic heterocycles. The lowest BCUT2D eigenvalue weighted by molar-refractivity contribution is -0.141. The van der Waals surface area contributed by atoms with Crippen LogP contribution in [0.1, 0.15) is 51.2 Å². The summed E-state index contributed by atoms with van der Waals surface area (Å²) in [5.74, 6) is 0.483. The average molecular weight is 291 g/mol. The van der Waals surface area contributed by atoms with Gasteiger partial charge in [0.1, 0.15) is 11.4 Å². The van der Waals surface area contributed by atoms with Gasteiger partial charge in [0.05, 0.1) is 13.5 Å². The third kappa shape index (κ3) is 3.38. The molecule has 0 radical (unpaired) electrons. The zero-order chi connectivity index (χ0) is 15.8. The maximum absolute atomic E-state index is 11.8. The van der Waals surface area contributed by atoms with E-state index in [-0.39, 0.29) is 23.9 Å². The highest BCUT2D eigenvalue weighted by molar-refractivity contribution is 5.71. The van der Waals surface area contributed by atoms with Gasteiger partial charge in [-0.2, -0.15) is 0 Å². The number of hydrogen-bond donors (Lipinski definition) is 1. The Bertz CT molecular complexity index is 543. The van der Waals surface area contributed by atoms with Crippen LogP contribution in [0, 0.1) is 0 Å². The topological polar surface area (TPSA) is 61.5 Å². The molecular formula is C17H25NO3. The molecule has 0 amide bonds. The number of ether oxygens (including phenoxy) is 2. The Kier molecular flexibility index (Phi) is 4.02. The molecule has 0 saturated heterocycles. The molecule has 0 spiro atoms. The van der Waals surface area contributed by atoms with Gasteiger partial charge in [-0.3, -0.25) is 4.79 Å². The first-order valence-electron chi connectivity index (χ1n) is 7.30. The third-order valence-corrected chi connectivity index (χ3v) is 3.99. The van der Waals surface area contributed by atoms with Gasteiger partial charge in [0, 0.05) is 17.9 Å². The van der Waals surface area contributed by atoms with Crippen LogP contribution < -0.4 is 10.5 Å². The molecule has 4 nitrogen and oxygen atoms in total. The largest absolute Gasteiger partial charge is 0.487 e. The van der Waals surface area contributed by atoms with Crippen LogP contribution in [0.25, 0.3) is 0 Å². The predicted molar refractivity (Wildman–Crippen MR) is 82.5 cm³/mol. The van der Waals surface area contributed by atoms with Gasteiger partial charge in [-0.05, 0) is 38.8 Å². The molecule has 1 aromatic rings. The Labute approximate surface area is 126 Å². The van der Waals surface area contributed by atoms with E-state index in [1.54, 1.807) is 0 Å². The maximum atomic E-state index is 11.8. The second kappa shape index (κ2) is 5.34. The lowest BCUT2D eigenvalue weighted by Gasteiger charge is -2.31. The number of rotatable bonds is 4. The number of carbonyl (C=O) groups is 1. The average Bonchev–Trinajstić information content (AvgIpc) is 2.68. The van der Waals surface area contributed by atoms with Gasteiger partial charge in [-0.15, -0.1) is 0 Å². The van der Waals surface area contributed by atoms with Crippen LogP contribution >= 0.6 is 0 Å². The van der Waals surface area contributed by atoms with Crippen molar-refractivity contribution < 1.29 is 14.3 Å². The van der Waals surface area contributed by atoms with Crippen molar-refractivity contribution in [2.24, 2.45) is 5.73 Å². The molecule has 2 rings (SSSR count). The smallest absolute Gasteiger partial charge is 0.306 e. The Morgan fingerprint density at radius 3 is 2.71 bits per heavy atom. The monoisotopic (exact) mass is 291 g/mol. The highest BCUT2D eigenvalue weighted by Crippen LogP contribution is 2.43. The van der Waals surface area contributed by atoms with Crippen molar-refractivity contribution in [3.05, 3.63) is 29.3 Å². The number of carbonyl (C=O) groups excluding carboxylic acids is 1. The van der Waals surface area contributed by atoms with Gasteiger partial charge in [-0.1, -0.05) is 18.2 Å². The molecule has 1 heterocycles. The Morgan fingerprint density at radius 2 is 2.14 bits per heavy atom. The number of para-hydroxylation sites is 1. The summed E-state index contributed by atoms with van der Waals surface area (Å²) in [6.45, 7) is 8.00. The molecular weight excluding hydrogens is 266 g/mol. The standard InChI is InChI=1S/C17H25NO3/c1-16(2)10-11-7-6-8-12(15(11)21-16)13(17(3,4)18)9-14(19)20-5/h6-8,13H,9-10,18H2,1-5H3. The van der Waals surface area contributed by atoms with Gasteiger partial charge >= 0.3 is 5.97 Å². The molecule has 0 fully saturated rings. The van der Waals surface area contributed by atoms with E-state index >= 15 is 0 Å². The molecule has 2 N–H and O–H groups in total. The summed E-state index contributed by atoms with van der Waals surface area (Å²) in [4.78, 5) is 11.8. The quantitative estimate of drug-likeness (QED) is 0.867. The van der Waals surface area contributed by atoms with Crippen LogP contribution in [0.15, 0.2) is 18.2 Å². The lowest BCUT2D eigenvalue weighted by atomic mass is 9.79. The highest BCUT2D eigenvalue weighted by atomic mass is 16.5. The number of hydrogen-bond acceptors (Lipinski definition) is 4. The second-order valence-corrected chi connectivity index (χ2v) is 7.03. The minimum Gasteiger partial charge on any atom is -0.487 e. The van der Waals surface area contributed by atoms with Crippen molar-refractivity contribution >= 4 is 5.97 Å². The van der Waals surface area contributed by atoms with Gasteiger partial charge in [0.2, 0.25) is 0 Å². The van der Waals surface area contributed by atoms with E-state index in [1.165, 1.54) is 12.7 Å².